The first-order valence-electron chi connectivity index (χ1n) is 12.4. The number of carboxylic acid groups (broad SMARTS) is 1. The van der Waals surface area contributed by atoms with Crippen LogP contribution in [0.15, 0.2) is 0 Å². The third-order valence-electron chi connectivity index (χ3n) is 5.77. The van der Waals surface area contributed by atoms with Crippen molar-refractivity contribution in [1.82, 2.24) is 0 Å². The van der Waals surface area contributed by atoms with E-state index in [9.17, 15) is 9.59 Å². The van der Waals surface area contributed by atoms with Crippen LogP contribution in [0.5, 0.6) is 0 Å². The quantitative estimate of drug-likeness (QED) is 0.0946. The van der Waals surface area contributed by atoms with Gasteiger partial charge in [0.2, 0.25) is 0 Å². The van der Waals surface area contributed by atoms with Gasteiger partial charge < -0.3 is 9.84 Å². The Morgan fingerprint density at radius 2 is 1.00 bits per heavy atom. The van der Waals surface area contributed by atoms with Gasteiger partial charge in [0.1, 0.15) is 12.0 Å². The van der Waals surface area contributed by atoms with Crippen LogP contribution in [0.3, 0.4) is 0 Å². The van der Waals surface area contributed by atoms with Gasteiger partial charge in [-0.3, -0.25) is 9.59 Å². The molecule has 0 aromatic heterocycles. The molecule has 0 saturated heterocycles. The predicted octanol–water partition coefficient (Wildman–Crippen LogP) is 6.53. The fourth-order valence-electron chi connectivity index (χ4n) is 3.93. The zero-order chi connectivity index (χ0) is 21.8. The van der Waals surface area contributed by atoms with Crippen LogP contribution in [0.25, 0.3) is 0 Å². The fraction of sp³-hybridized carbons (Fsp3) is 0.920. The molecule has 6 heteroatoms. The second-order valence-electron chi connectivity index (χ2n) is 8.94. The summed E-state index contributed by atoms with van der Waals surface area (Å²) in [6, 6.07) is 0. The van der Waals surface area contributed by atoms with Crippen molar-refractivity contribution < 1.29 is 19.4 Å². The summed E-state index contributed by atoms with van der Waals surface area (Å²) in [6.45, 7) is 6.47. The van der Waals surface area contributed by atoms with Crippen LogP contribution in [-0.2, 0) is 14.3 Å². The molecule has 0 rings (SSSR count). The third kappa shape index (κ3) is 25.0. The normalized spacial score (nSPS) is 10.8. The standard InChI is InChI=1S/C25H48O4.Li.Na.2H/c1-4-6-8-10-12-14-16-18-20-25(3,29-24(28)22-23(26)27)21-19-17-15-13-11-9-7-5-2;;;;/h4-22H2,1-3H3,(H,26,27);;;;. The van der Waals surface area contributed by atoms with Gasteiger partial charge in [-0.05, 0) is 32.6 Å². The Labute approximate surface area is 226 Å². The van der Waals surface area contributed by atoms with Crippen molar-refractivity contribution in [3.63, 3.8) is 0 Å². The van der Waals surface area contributed by atoms with Crippen LogP contribution in [0, 0.1) is 0 Å². The number of hydrogen-bond donors (Lipinski definition) is 1. The van der Waals surface area contributed by atoms with E-state index in [4.69, 9.17) is 9.84 Å². The topological polar surface area (TPSA) is 63.6 Å². The summed E-state index contributed by atoms with van der Waals surface area (Å²) in [5.74, 6) is -1.71. The molecule has 0 saturated carbocycles. The molecular weight excluding hydrogens is 394 g/mol. The molecule has 31 heavy (non-hydrogen) atoms. The van der Waals surface area contributed by atoms with Crippen LogP contribution in [-0.4, -0.2) is 71.1 Å². The number of esters is 1. The predicted molar refractivity (Wildman–Crippen MR) is 136 cm³/mol. The molecule has 0 radical (unpaired) electrons. The Morgan fingerprint density at radius 3 is 1.32 bits per heavy atom. The summed E-state index contributed by atoms with van der Waals surface area (Å²) >= 11 is 0. The molecular formula is C25H50LiNaO4. The number of hydrogen-bond acceptors (Lipinski definition) is 3. The van der Waals surface area contributed by atoms with Crippen LogP contribution >= 0.6 is 0 Å². The summed E-state index contributed by atoms with van der Waals surface area (Å²) in [6.07, 6.45) is 21.1. The first kappa shape index (κ1) is 36.1. The zero-order valence-electron chi connectivity index (χ0n) is 19.6. The molecule has 0 unspecified atom stereocenters. The van der Waals surface area contributed by atoms with E-state index < -0.39 is 24.0 Å². The Morgan fingerprint density at radius 1 is 0.677 bits per heavy atom. The van der Waals surface area contributed by atoms with Crippen molar-refractivity contribution in [3.8, 4) is 0 Å². The van der Waals surface area contributed by atoms with E-state index in [1.807, 2.05) is 6.92 Å². The number of aliphatic carboxylic acids is 1. The molecule has 0 amide bonds. The maximum absolute atomic E-state index is 11.9. The van der Waals surface area contributed by atoms with E-state index in [0.29, 0.717) is 0 Å². The minimum atomic E-state index is -1.11. The van der Waals surface area contributed by atoms with Crippen molar-refractivity contribution in [2.75, 3.05) is 0 Å². The summed E-state index contributed by atoms with van der Waals surface area (Å²) in [4.78, 5) is 22.7. The molecule has 0 aliphatic heterocycles. The monoisotopic (exact) mass is 444 g/mol. The average Bonchev–Trinajstić information content (AvgIpc) is 2.65. The third-order valence-corrected chi connectivity index (χ3v) is 5.77. The Hall–Kier alpha value is 0.537. The number of rotatable bonds is 21. The maximum atomic E-state index is 11.9. The molecule has 0 atom stereocenters. The summed E-state index contributed by atoms with van der Waals surface area (Å²) < 4.78 is 5.65. The number of carbonyl (C=O) groups excluding carboxylic acids is 1. The van der Waals surface area contributed by atoms with Gasteiger partial charge in [0.25, 0.3) is 0 Å². The second kappa shape index (κ2) is 25.2. The first-order valence-corrected chi connectivity index (χ1v) is 12.4. The first-order chi connectivity index (χ1) is 13.9. The van der Waals surface area contributed by atoms with Gasteiger partial charge in [0, 0.05) is 0 Å². The van der Waals surface area contributed by atoms with Gasteiger partial charge in [0.15, 0.2) is 0 Å². The number of unbranched alkanes of at least 4 members (excludes halogenated alkanes) is 14. The van der Waals surface area contributed by atoms with Crippen molar-refractivity contribution in [2.45, 2.75) is 148 Å². The van der Waals surface area contributed by atoms with Crippen LogP contribution in [0.1, 0.15) is 143 Å². The van der Waals surface area contributed by atoms with E-state index in [1.54, 1.807) is 0 Å². The van der Waals surface area contributed by atoms with Gasteiger partial charge in [-0.2, -0.15) is 0 Å². The number of carbonyl (C=O) groups is 2. The molecule has 0 aliphatic rings. The van der Waals surface area contributed by atoms with E-state index in [-0.39, 0.29) is 48.4 Å². The minimum absolute atomic E-state index is 0. The number of ether oxygens (including phenoxy) is 1. The Balaban J connectivity index is -0.00000392. The molecule has 4 nitrogen and oxygen atoms in total. The van der Waals surface area contributed by atoms with Gasteiger partial charge in [0.05, 0.1) is 0 Å². The Bertz CT molecular complexity index is 398. The van der Waals surface area contributed by atoms with Gasteiger partial charge in [-0.25, -0.2) is 0 Å². The second-order valence-corrected chi connectivity index (χ2v) is 8.94. The van der Waals surface area contributed by atoms with Crippen LogP contribution < -0.4 is 0 Å². The van der Waals surface area contributed by atoms with Crippen molar-refractivity contribution in [3.05, 3.63) is 0 Å². The summed E-state index contributed by atoms with van der Waals surface area (Å²) in [5.41, 5.74) is -0.517. The van der Waals surface area contributed by atoms with E-state index in [0.717, 1.165) is 38.5 Å². The van der Waals surface area contributed by atoms with Crippen LogP contribution in [0.4, 0.5) is 0 Å². The van der Waals surface area contributed by atoms with E-state index in [2.05, 4.69) is 13.8 Å². The van der Waals surface area contributed by atoms with Crippen molar-refractivity contribution in [2.24, 2.45) is 0 Å². The van der Waals surface area contributed by atoms with E-state index >= 15 is 0 Å². The van der Waals surface area contributed by atoms with E-state index in [1.165, 1.54) is 77.0 Å². The van der Waals surface area contributed by atoms with Gasteiger partial charge in [-0.1, -0.05) is 104 Å². The average molecular weight is 445 g/mol. The fourth-order valence-corrected chi connectivity index (χ4v) is 3.93. The molecule has 0 aromatic carbocycles. The van der Waals surface area contributed by atoms with Crippen LogP contribution in [0.2, 0.25) is 0 Å². The zero-order valence-corrected chi connectivity index (χ0v) is 19.6. The molecule has 0 bridgehead atoms. The Kier molecular flexibility index (Phi) is 29.3. The summed E-state index contributed by atoms with van der Waals surface area (Å²) in [7, 11) is 0. The van der Waals surface area contributed by atoms with Crippen molar-refractivity contribution >= 4 is 60.4 Å². The molecule has 0 aromatic rings. The van der Waals surface area contributed by atoms with Gasteiger partial charge >= 0.3 is 60.4 Å². The molecule has 0 aliphatic carbocycles. The number of carboxylic acids is 1. The molecule has 176 valence electrons. The van der Waals surface area contributed by atoms with Crippen molar-refractivity contribution in [1.29, 1.82) is 0 Å². The molecule has 1 N–H and O–H groups in total. The molecule has 0 spiro atoms. The molecule has 0 heterocycles. The SMILES string of the molecule is CCCCCCCCCCC(C)(CCCCCCCCCC)OC(=O)CC(=O)O.[LiH].[NaH]. The molecule has 0 fully saturated rings. The van der Waals surface area contributed by atoms with Gasteiger partial charge in [-0.15, -0.1) is 0 Å². The summed E-state index contributed by atoms with van der Waals surface area (Å²) in [5, 5.41) is 8.85.